The van der Waals surface area contributed by atoms with Crippen LogP contribution in [0.15, 0.2) is 54.7 Å². The van der Waals surface area contributed by atoms with Crippen molar-refractivity contribution in [3.8, 4) is 17.2 Å². The summed E-state index contributed by atoms with van der Waals surface area (Å²) in [6.45, 7) is 3.22. The molecule has 2 amide bonds. The molecule has 2 aromatic carbocycles. The number of aromatic nitrogens is 1. The fourth-order valence-corrected chi connectivity index (χ4v) is 5.19. The summed E-state index contributed by atoms with van der Waals surface area (Å²) < 4.78 is 14.3. The molecule has 2 aliphatic heterocycles. The number of amides is 2. The predicted octanol–water partition coefficient (Wildman–Crippen LogP) is 4.27. The Morgan fingerprint density at radius 3 is 2.49 bits per heavy atom. The van der Waals surface area contributed by atoms with Crippen LogP contribution in [0.5, 0.6) is 11.5 Å². The van der Waals surface area contributed by atoms with Gasteiger partial charge in [0.15, 0.2) is 5.60 Å². The van der Waals surface area contributed by atoms with Gasteiger partial charge in [-0.3, -0.25) is 9.59 Å². The lowest BCUT2D eigenvalue weighted by molar-refractivity contribution is -0.00940. The first-order chi connectivity index (χ1) is 16.9. The van der Waals surface area contributed by atoms with Crippen molar-refractivity contribution in [2.24, 2.45) is 0 Å². The highest BCUT2D eigenvalue weighted by molar-refractivity contribution is 5.95. The summed E-state index contributed by atoms with van der Waals surface area (Å²) in [5, 5.41) is 0. The van der Waals surface area contributed by atoms with Crippen LogP contribution in [0.4, 0.5) is 0 Å². The molecule has 0 unspecified atom stereocenters. The van der Waals surface area contributed by atoms with Crippen molar-refractivity contribution in [2.75, 3.05) is 34.3 Å². The number of methoxy groups -OCH3 is 1. The first kappa shape index (κ1) is 23.0. The summed E-state index contributed by atoms with van der Waals surface area (Å²) in [5.41, 5.74) is 3.78. The van der Waals surface area contributed by atoms with E-state index in [1.54, 1.807) is 26.1 Å². The van der Waals surface area contributed by atoms with Crippen molar-refractivity contribution < 1.29 is 19.1 Å². The van der Waals surface area contributed by atoms with Gasteiger partial charge in [0.05, 0.1) is 18.5 Å². The van der Waals surface area contributed by atoms with Gasteiger partial charge in [-0.25, -0.2) is 0 Å². The van der Waals surface area contributed by atoms with E-state index in [0.717, 1.165) is 29.1 Å². The maximum atomic E-state index is 13.3. The lowest BCUT2D eigenvalue weighted by Gasteiger charge is -2.45. The molecule has 1 fully saturated rings. The number of aryl methyl sites for hydroxylation is 1. The Morgan fingerprint density at radius 1 is 1.06 bits per heavy atom. The van der Waals surface area contributed by atoms with Crippen molar-refractivity contribution in [3.63, 3.8) is 0 Å². The van der Waals surface area contributed by atoms with Crippen LogP contribution in [0, 0.1) is 0 Å². The fourth-order valence-electron chi connectivity index (χ4n) is 5.19. The van der Waals surface area contributed by atoms with E-state index in [4.69, 9.17) is 9.47 Å². The van der Waals surface area contributed by atoms with E-state index < -0.39 is 5.60 Å². The van der Waals surface area contributed by atoms with Gasteiger partial charge in [0.1, 0.15) is 11.5 Å². The number of nitrogens with zero attached hydrogens (tertiary/aromatic N) is 3. The minimum atomic E-state index is -0.545. The van der Waals surface area contributed by atoms with E-state index >= 15 is 0 Å². The molecule has 0 radical (unpaired) electrons. The summed E-state index contributed by atoms with van der Waals surface area (Å²) in [7, 11) is 5.12. The van der Waals surface area contributed by atoms with Crippen molar-refractivity contribution >= 4 is 11.8 Å². The Morgan fingerprint density at radius 2 is 1.80 bits per heavy atom. The van der Waals surface area contributed by atoms with Gasteiger partial charge in [-0.1, -0.05) is 13.0 Å². The predicted molar refractivity (Wildman–Crippen MR) is 134 cm³/mol. The smallest absolute Gasteiger partial charge is 0.253 e. The second-order valence-electron chi connectivity index (χ2n) is 9.41. The molecule has 2 aliphatic rings. The molecule has 5 rings (SSSR count). The normalized spacial score (nSPS) is 15.7. The Bertz CT molecular complexity index is 1290. The number of benzene rings is 2. The number of fused-ring (bicyclic) bond motifs is 4. The molecule has 0 N–H and O–H groups in total. The van der Waals surface area contributed by atoms with E-state index in [2.05, 4.69) is 17.6 Å². The zero-order valence-electron chi connectivity index (χ0n) is 20.7. The summed E-state index contributed by atoms with van der Waals surface area (Å²) >= 11 is 0. The molecule has 0 aliphatic carbocycles. The summed E-state index contributed by atoms with van der Waals surface area (Å²) in [6.07, 6.45) is 4.21. The molecule has 0 saturated carbocycles. The van der Waals surface area contributed by atoms with E-state index in [1.165, 1.54) is 0 Å². The third-order valence-electron chi connectivity index (χ3n) is 7.17. The van der Waals surface area contributed by atoms with Crippen molar-refractivity contribution in [2.45, 2.75) is 31.8 Å². The zero-order chi connectivity index (χ0) is 24.7. The van der Waals surface area contributed by atoms with Crippen molar-refractivity contribution in [1.82, 2.24) is 14.4 Å². The number of piperidine rings is 1. The van der Waals surface area contributed by atoms with Crippen LogP contribution in [-0.4, -0.2) is 60.5 Å². The Balaban J connectivity index is 1.40. The molecular weight excluding hydrogens is 442 g/mol. The highest BCUT2D eigenvalue weighted by Crippen LogP contribution is 2.45. The van der Waals surface area contributed by atoms with Crippen molar-refractivity contribution in [3.05, 3.63) is 77.1 Å². The lowest BCUT2D eigenvalue weighted by Crippen LogP contribution is -2.50. The second kappa shape index (κ2) is 8.80. The Kier molecular flexibility index (Phi) is 5.79. The number of hydrogen-bond acceptors (Lipinski definition) is 4. The first-order valence-electron chi connectivity index (χ1n) is 12.1. The van der Waals surface area contributed by atoms with Crippen LogP contribution in [0.3, 0.4) is 0 Å². The quantitative estimate of drug-likeness (QED) is 0.568. The van der Waals surface area contributed by atoms with Gasteiger partial charge < -0.3 is 23.8 Å². The maximum absolute atomic E-state index is 13.3. The molecule has 182 valence electrons. The fraction of sp³-hybridized carbons (Fsp3) is 0.357. The molecule has 7 nitrogen and oxygen atoms in total. The maximum Gasteiger partial charge on any atom is 0.253 e. The third kappa shape index (κ3) is 3.85. The zero-order valence-corrected chi connectivity index (χ0v) is 20.7. The molecular formula is C28H31N3O4. The second-order valence-corrected chi connectivity index (χ2v) is 9.41. The van der Waals surface area contributed by atoms with Crippen LogP contribution in [0.25, 0.3) is 5.69 Å². The van der Waals surface area contributed by atoms with Gasteiger partial charge in [0, 0.05) is 57.4 Å². The largest absolute Gasteiger partial charge is 0.496 e. The SMILES string of the molecule is CCc1ccc(C(=O)N2CCC3(CC2)Oc2cc(C(=O)N(C)C)ccc2-n2cccc23)cc1OC. The van der Waals surface area contributed by atoms with Gasteiger partial charge >= 0.3 is 0 Å². The van der Waals surface area contributed by atoms with Gasteiger partial charge in [0.2, 0.25) is 0 Å². The van der Waals surface area contributed by atoms with E-state index in [-0.39, 0.29) is 11.8 Å². The molecule has 1 saturated heterocycles. The van der Waals surface area contributed by atoms with Crippen LogP contribution < -0.4 is 9.47 Å². The first-order valence-corrected chi connectivity index (χ1v) is 12.1. The van der Waals surface area contributed by atoms with Gasteiger partial charge in [-0.2, -0.15) is 0 Å². The summed E-state index contributed by atoms with van der Waals surface area (Å²) in [5.74, 6) is 1.39. The third-order valence-corrected chi connectivity index (χ3v) is 7.17. The number of rotatable bonds is 4. The van der Waals surface area contributed by atoms with Gasteiger partial charge in [0.25, 0.3) is 11.8 Å². The summed E-state index contributed by atoms with van der Waals surface area (Å²) in [6, 6.07) is 15.4. The van der Waals surface area contributed by atoms with E-state index in [1.807, 2.05) is 53.6 Å². The van der Waals surface area contributed by atoms with Crippen molar-refractivity contribution in [1.29, 1.82) is 0 Å². The molecule has 35 heavy (non-hydrogen) atoms. The Labute approximate surface area is 205 Å². The minimum Gasteiger partial charge on any atom is -0.496 e. The van der Waals surface area contributed by atoms with Crippen LogP contribution in [0.1, 0.15) is 51.7 Å². The minimum absolute atomic E-state index is 0.00580. The van der Waals surface area contributed by atoms with Crippen LogP contribution in [-0.2, 0) is 12.0 Å². The van der Waals surface area contributed by atoms with Gasteiger partial charge in [-0.15, -0.1) is 0 Å². The number of likely N-dealkylation sites (tertiary alicyclic amines) is 1. The van der Waals surface area contributed by atoms with E-state index in [0.29, 0.717) is 42.8 Å². The molecule has 1 spiro atoms. The molecule has 0 atom stereocenters. The van der Waals surface area contributed by atoms with Gasteiger partial charge in [-0.05, 0) is 54.4 Å². The molecule has 7 heteroatoms. The monoisotopic (exact) mass is 473 g/mol. The van der Waals surface area contributed by atoms with Crippen LogP contribution >= 0.6 is 0 Å². The highest BCUT2D eigenvalue weighted by atomic mass is 16.5. The number of hydrogen-bond donors (Lipinski definition) is 0. The topological polar surface area (TPSA) is 64.0 Å². The molecule has 1 aromatic heterocycles. The Hall–Kier alpha value is -3.74. The molecule has 3 aromatic rings. The molecule has 3 heterocycles. The molecule has 0 bridgehead atoms. The standard InChI is InChI=1S/C28H31N3O4/c1-5-19-8-9-21(17-23(19)34-4)27(33)30-15-12-28(13-16-30)25-7-6-14-31(25)22-11-10-20(18-24(22)35-28)26(32)29(2)3/h6-11,14,17-18H,5,12-13,15-16H2,1-4H3. The summed E-state index contributed by atoms with van der Waals surface area (Å²) in [4.78, 5) is 29.3. The lowest BCUT2D eigenvalue weighted by atomic mass is 9.86. The average Bonchev–Trinajstić information content (AvgIpc) is 3.39. The highest BCUT2D eigenvalue weighted by Gasteiger charge is 2.44. The number of ether oxygens (including phenoxy) is 2. The average molecular weight is 474 g/mol. The van der Waals surface area contributed by atoms with Crippen LogP contribution in [0.2, 0.25) is 0 Å². The van der Waals surface area contributed by atoms with E-state index in [9.17, 15) is 9.59 Å². The number of carbonyl (C=O) groups excluding carboxylic acids is 2. The number of carbonyl (C=O) groups is 2.